The summed E-state index contributed by atoms with van der Waals surface area (Å²) in [6.07, 6.45) is 0. The van der Waals surface area contributed by atoms with Crippen LogP contribution < -0.4 is 5.14 Å². The number of ether oxygens (including phenoxy) is 1. The smallest absolute Gasteiger partial charge is 0.255 e. The van der Waals surface area contributed by atoms with Crippen molar-refractivity contribution in [1.29, 1.82) is 0 Å². The van der Waals surface area contributed by atoms with Crippen LogP contribution in [-0.4, -0.2) is 45.5 Å². The van der Waals surface area contributed by atoms with E-state index >= 15 is 0 Å². The van der Waals surface area contributed by atoms with Crippen molar-refractivity contribution in [3.63, 3.8) is 0 Å². The molecule has 0 saturated carbocycles. The highest BCUT2D eigenvalue weighted by molar-refractivity contribution is 7.91. The number of sulfonamides is 1. The number of amides is 1. The average molecular weight is 306 g/mol. The first kappa shape index (κ1) is 16.1. The largest absolute Gasteiger partial charge is 0.383 e. The van der Waals surface area contributed by atoms with E-state index in [2.05, 4.69) is 0 Å². The zero-order chi connectivity index (χ0) is 14.6. The van der Waals surface area contributed by atoms with E-state index in [0.717, 1.165) is 11.3 Å². The minimum atomic E-state index is -3.76. The Morgan fingerprint density at radius 1 is 1.58 bits per heavy atom. The molecule has 0 aliphatic carbocycles. The van der Waals surface area contributed by atoms with Gasteiger partial charge in [0.25, 0.3) is 5.91 Å². The molecule has 0 aromatic carbocycles. The average Bonchev–Trinajstić information content (AvgIpc) is 2.78. The molecule has 0 saturated heterocycles. The van der Waals surface area contributed by atoms with Crippen molar-refractivity contribution in [2.75, 3.05) is 20.3 Å². The normalized spacial score (nSPS) is 13.3. The van der Waals surface area contributed by atoms with E-state index in [9.17, 15) is 13.2 Å². The lowest BCUT2D eigenvalue weighted by molar-refractivity contribution is 0.0579. The molecule has 1 atom stereocenters. The third kappa shape index (κ3) is 4.00. The third-order valence-electron chi connectivity index (χ3n) is 2.64. The quantitative estimate of drug-likeness (QED) is 0.845. The topological polar surface area (TPSA) is 89.7 Å². The van der Waals surface area contributed by atoms with Crippen molar-refractivity contribution in [1.82, 2.24) is 4.90 Å². The second kappa shape index (κ2) is 6.47. The van der Waals surface area contributed by atoms with E-state index in [-0.39, 0.29) is 16.2 Å². The van der Waals surface area contributed by atoms with E-state index in [0.29, 0.717) is 18.7 Å². The van der Waals surface area contributed by atoms with Gasteiger partial charge >= 0.3 is 0 Å². The lowest BCUT2D eigenvalue weighted by Gasteiger charge is -2.27. The number of carbonyl (C=O) groups is 1. The highest BCUT2D eigenvalue weighted by atomic mass is 32.2. The van der Waals surface area contributed by atoms with Gasteiger partial charge < -0.3 is 9.64 Å². The van der Waals surface area contributed by atoms with Crippen LogP contribution in [0.1, 0.15) is 24.2 Å². The first-order chi connectivity index (χ1) is 8.81. The SMILES string of the molecule is CCN(C(=O)c1csc(S(N)(=O)=O)c1)C(C)COC. The number of thiophene rings is 1. The lowest BCUT2D eigenvalue weighted by atomic mass is 10.2. The number of nitrogens with two attached hydrogens (primary N) is 1. The molecule has 0 spiro atoms. The van der Waals surface area contributed by atoms with Gasteiger partial charge in [-0.2, -0.15) is 0 Å². The maximum Gasteiger partial charge on any atom is 0.255 e. The molecule has 6 nitrogen and oxygen atoms in total. The summed E-state index contributed by atoms with van der Waals surface area (Å²) in [4.78, 5) is 13.9. The lowest BCUT2D eigenvalue weighted by Crippen LogP contribution is -2.40. The maximum atomic E-state index is 12.3. The van der Waals surface area contributed by atoms with Crippen molar-refractivity contribution in [3.05, 3.63) is 17.0 Å². The predicted octanol–water partition coefficient (Wildman–Crippen LogP) is 0.893. The summed E-state index contributed by atoms with van der Waals surface area (Å²) in [5.41, 5.74) is 0.332. The molecule has 1 amide bonds. The molecule has 0 aliphatic heterocycles. The second-order valence-corrected chi connectivity index (χ2v) is 6.79. The number of carbonyl (C=O) groups excluding carboxylic acids is 1. The molecule has 0 bridgehead atoms. The molecule has 1 rings (SSSR count). The summed E-state index contributed by atoms with van der Waals surface area (Å²) in [5.74, 6) is -0.224. The minimum Gasteiger partial charge on any atom is -0.383 e. The predicted molar refractivity (Wildman–Crippen MR) is 73.7 cm³/mol. The van der Waals surface area contributed by atoms with Gasteiger partial charge in [-0.3, -0.25) is 4.79 Å². The molecule has 1 aromatic heterocycles. The number of methoxy groups -OCH3 is 1. The third-order valence-corrected chi connectivity index (χ3v) is 5.03. The Kier molecular flexibility index (Phi) is 5.48. The zero-order valence-corrected chi connectivity index (χ0v) is 12.8. The van der Waals surface area contributed by atoms with Crippen molar-refractivity contribution >= 4 is 27.3 Å². The van der Waals surface area contributed by atoms with E-state index in [1.807, 2.05) is 13.8 Å². The standard InChI is InChI=1S/C11H18N2O4S2/c1-4-13(8(2)6-17-3)11(14)9-5-10(18-7-9)19(12,15)16/h5,7-8H,4,6H2,1-3H3,(H2,12,15,16). The van der Waals surface area contributed by atoms with Crippen LogP contribution in [0, 0.1) is 0 Å². The zero-order valence-electron chi connectivity index (χ0n) is 11.1. The number of nitrogens with zero attached hydrogens (tertiary/aromatic N) is 1. The maximum absolute atomic E-state index is 12.3. The Morgan fingerprint density at radius 3 is 2.63 bits per heavy atom. The first-order valence-corrected chi connectivity index (χ1v) is 8.15. The first-order valence-electron chi connectivity index (χ1n) is 5.72. The van der Waals surface area contributed by atoms with E-state index < -0.39 is 10.0 Å². The summed E-state index contributed by atoms with van der Waals surface area (Å²) in [6.45, 7) is 4.67. The Bertz CT molecular complexity index is 539. The van der Waals surface area contributed by atoms with Gasteiger partial charge in [0.15, 0.2) is 0 Å². The molecule has 1 heterocycles. The molecule has 108 valence electrons. The van der Waals surface area contributed by atoms with Gasteiger partial charge in [0.1, 0.15) is 4.21 Å². The minimum absolute atomic E-state index is 0.00806. The Balaban J connectivity index is 2.95. The molecule has 0 aliphatic rings. The summed E-state index contributed by atoms with van der Waals surface area (Å²) >= 11 is 0.946. The van der Waals surface area contributed by atoms with Gasteiger partial charge in [-0.25, -0.2) is 13.6 Å². The molecule has 1 unspecified atom stereocenters. The monoisotopic (exact) mass is 306 g/mol. The second-order valence-electron chi connectivity index (χ2n) is 4.09. The van der Waals surface area contributed by atoms with Gasteiger partial charge in [0.2, 0.25) is 10.0 Å². The number of hydrogen-bond donors (Lipinski definition) is 1. The van der Waals surface area contributed by atoms with Crippen LogP contribution in [0.5, 0.6) is 0 Å². The number of rotatable bonds is 6. The van der Waals surface area contributed by atoms with Crippen LogP contribution in [0.4, 0.5) is 0 Å². The highest BCUT2D eigenvalue weighted by Crippen LogP contribution is 2.20. The van der Waals surface area contributed by atoms with Crippen LogP contribution >= 0.6 is 11.3 Å². The fourth-order valence-electron chi connectivity index (χ4n) is 1.73. The van der Waals surface area contributed by atoms with Crippen molar-refractivity contribution < 1.29 is 17.9 Å². The van der Waals surface area contributed by atoms with E-state index in [4.69, 9.17) is 9.88 Å². The molecule has 0 radical (unpaired) electrons. The summed E-state index contributed by atoms with van der Waals surface area (Å²) in [7, 11) is -2.19. The van der Waals surface area contributed by atoms with Gasteiger partial charge in [-0.15, -0.1) is 11.3 Å². The van der Waals surface area contributed by atoms with Crippen LogP contribution in [-0.2, 0) is 14.8 Å². The number of likely N-dealkylation sites (N-methyl/N-ethyl adjacent to an activating group) is 1. The van der Waals surface area contributed by atoms with Crippen molar-refractivity contribution in [2.45, 2.75) is 24.1 Å². The summed E-state index contributed by atoms with van der Waals surface area (Å²) < 4.78 is 27.4. The summed E-state index contributed by atoms with van der Waals surface area (Å²) in [6, 6.07) is 1.23. The van der Waals surface area contributed by atoms with Gasteiger partial charge in [-0.05, 0) is 19.9 Å². The molecule has 8 heteroatoms. The fourth-order valence-corrected chi connectivity index (χ4v) is 3.31. The Morgan fingerprint density at radius 2 is 2.21 bits per heavy atom. The van der Waals surface area contributed by atoms with E-state index in [1.54, 1.807) is 12.0 Å². The van der Waals surface area contributed by atoms with Crippen LogP contribution in [0.3, 0.4) is 0 Å². The van der Waals surface area contributed by atoms with Crippen LogP contribution in [0.15, 0.2) is 15.7 Å². The van der Waals surface area contributed by atoms with Gasteiger partial charge in [-0.1, -0.05) is 0 Å². The van der Waals surface area contributed by atoms with Gasteiger partial charge in [0.05, 0.1) is 18.2 Å². The van der Waals surface area contributed by atoms with Crippen LogP contribution in [0.2, 0.25) is 0 Å². The summed E-state index contributed by atoms with van der Waals surface area (Å²) in [5, 5.41) is 6.53. The Hall–Kier alpha value is -0.960. The Labute approximate surface area is 117 Å². The molecule has 2 N–H and O–H groups in total. The molecule has 0 fully saturated rings. The van der Waals surface area contributed by atoms with E-state index in [1.165, 1.54) is 11.4 Å². The van der Waals surface area contributed by atoms with Crippen molar-refractivity contribution in [3.8, 4) is 0 Å². The van der Waals surface area contributed by atoms with Crippen LogP contribution in [0.25, 0.3) is 0 Å². The molecule has 1 aromatic rings. The fraction of sp³-hybridized carbons (Fsp3) is 0.545. The molecular formula is C11H18N2O4S2. The van der Waals surface area contributed by atoms with Gasteiger partial charge in [0, 0.05) is 19.0 Å². The highest BCUT2D eigenvalue weighted by Gasteiger charge is 2.22. The number of hydrogen-bond acceptors (Lipinski definition) is 5. The molecular weight excluding hydrogens is 288 g/mol. The van der Waals surface area contributed by atoms with Crippen molar-refractivity contribution in [2.24, 2.45) is 5.14 Å². The molecule has 19 heavy (non-hydrogen) atoms. The number of primary sulfonamides is 1.